The molecule has 2 aromatic carbocycles. The normalized spacial score (nSPS) is 10.7. The topological polar surface area (TPSA) is 55.8 Å². The van der Waals surface area contributed by atoms with Crippen LogP contribution in [0.3, 0.4) is 0 Å². The van der Waals surface area contributed by atoms with Crippen molar-refractivity contribution in [2.24, 2.45) is 0 Å². The number of carbonyl (C=O) groups is 1. The summed E-state index contributed by atoms with van der Waals surface area (Å²) in [5.74, 6) is 0.395. The Morgan fingerprint density at radius 1 is 1.05 bits per heavy atom. The number of phenols is 1. The minimum atomic E-state index is -0.393. The minimum absolute atomic E-state index is 0.158. The van der Waals surface area contributed by atoms with Gasteiger partial charge >= 0.3 is 5.97 Å². The van der Waals surface area contributed by atoms with Crippen molar-refractivity contribution in [2.45, 2.75) is 6.92 Å². The SMILES string of the molecule is COC(=O)c1ccccc1C=Cc1ccc(OC)c(C)c1O. The second-order valence-electron chi connectivity index (χ2n) is 4.74. The molecule has 0 unspecified atom stereocenters. The molecule has 0 amide bonds. The molecule has 114 valence electrons. The van der Waals surface area contributed by atoms with Gasteiger partial charge in [0.2, 0.25) is 0 Å². The van der Waals surface area contributed by atoms with Crippen LogP contribution >= 0.6 is 0 Å². The largest absolute Gasteiger partial charge is 0.507 e. The van der Waals surface area contributed by atoms with E-state index in [1.54, 1.807) is 50.5 Å². The van der Waals surface area contributed by atoms with Crippen LogP contribution < -0.4 is 4.74 Å². The van der Waals surface area contributed by atoms with E-state index in [1.807, 2.05) is 12.1 Å². The Bertz CT molecular complexity index is 717. The molecule has 0 bridgehead atoms. The summed E-state index contributed by atoms with van der Waals surface area (Å²) in [5.41, 5.74) is 2.53. The van der Waals surface area contributed by atoms with Crippen molar-refractivity contribution in [3.8, 4) is 11.5 Å². The molecule has 1 N–H and O–H groups in total. The van der Waals surface area contributed by atoms with Gasteiger partial charge in [-0.2, -0.15) is 0 Å². The number of carbonyl (C=O) groups excluding carboxylic acids is 1. The number of ether oxygens (including phenoxy) is 2. The number of aromatic hydroxyl groups is 1. The molecule has 4 nitrogen and oxygen atoms in total. The van der Waals surface area contributed by atoms with Crippen LogP contribution in [0.25, 0.3) is 12.2 Å². The number of methoxy groups -OCH3 is 2. The minimum Gasteiger partial charge on any atom is -0.507 e. The summed E-state index contributed by atoms with van der Waals surface area (Å²) in [6.45, 7) is 1.79. The van der Waals surface area contributed by atoms with Gasteiger partial charge in [-0.1, -0.05) is 30.4 Å². The van der Waals surface area contributed by atoms with Crippen LogP contribution in [-0.2, 0) is 4.74 Å². The first kappa shape index (κ1) is 15.6. The third kappa shape index (κ3) is 3.11. The first-order chi connectivity index (χ1) is 10.6. The maximum atomic E-state index is 11.7. The van der Waals surface area contributed by atoms with Crippen LogP contribution in [0.4, 0.5) is 0 Å². The highest BCUT2D eigenvalue weighted by Crippen LogP contribution is 2.31. The van der Waals surface area contributed by atoms with Gasteiger partial charge < -0.3 is 14.6 Å². The van der Waals surface area contributed by atoms with Crippen LogP contribution in [-0.4, -0.2) is 25.3 Å². The molecule has 0 aliphatic rings. The van der Waals surface area contributed by atoms with Crippen LogP contribution in [0.15, 0.2) is 36.4 Å². The fraction of sp³-hybridized carbons (Fsp3) is 0.167. The summed E-state index contributed by atoms with van der Waals surface area (Å²) in [6.07, 6.45) is 3.52. The van der Waals surface area contributed by atoms with E-state index in [0.29, 0.717) is 22.4 Å². The Kier molecular flexibility index (Phi) is 4.84. The van der Waals surface area contributed by atoms with E-state index in [4.69, 9.17) is 9.47 Å². The van der Waals surface area contributed by atoms with Gasteiger partial charge in [-0.05, 0) is 30.7 Å². The highest BCUT2D eigenvalue weighted by molar-refractivity contribution is 5.94. The molecule has 4 heteroatoms. The maximum Gasteiger partial charge on any atom is 0.338 e. The number of hydrogen-bond acceptors (Lipinski definition) is 4. The fourth-order valence-electron chi connectivity index (χ4n) is 2.18. The predicted octanol–water partition coefficient (Wildman–Crippen LogP) is 3.67. The van der Waals surface area contributed by atoms with E-state index in [-0.39, 0.29) is 5.75 Å². The molecule has 0 aliphatic heterocycles. The lowest BCUT2D eigenvalue weighted by molar-refractivity contribution is 0.0600. The monoisotopic (exact) mass is 298 g/mol. The number of benzene rings is 2. The van der Waals surface area contributed by atoms with Crippen LogP contribution in [0.2, 0.25) is 0 Å². The van der Waals surface area contributed by atoms with Gasteiger partial charge in [-0.15, -0.1) is 0 Å². The second kappa shape index (κ2) is 6.80. The molecule has 0 heterocycles. The zero-order chi connectivity index (χ0) is 16.1. The Balaban J connectivity index is 2.38. The van der Waals surface area contributed by atoms with Gasteiger partial charge in [0.05, 0.1) is 19.8 Å². The molecule has 0 fully saturated rings. The lowest BCUT2D eigenvalue weighted by Crippen LogP contribution is -2.03. The lowest BCUT2D eigenvalue weighted by atomic mass is 10.0. The first-order valence-corrected chi connectivity index (χ1v) is 6.80. The van der Waals surface area contributed by atoms with Gasteiger partial charge in [0.25, 0.3) is 0 Å². The highest BCUT2D eigenvalue weighted by Gasteiger charge is 2.10. The van der Waals surface area contributed by atoms with Crippen molar-refractivity contribution >= 4 is 18.1 Å². The summed E-state index contributed by atoms with van der Waals surface area (Å²) in [5, 5.41) is 10.2. The number of hydrogen-bond donors (Lipinski definition) is 1. The lowest BCUT2D eigenvalue weighted by Gasteiger charge is -2.09. The Labute approximate surface area is 129 Å². The van der Waals surface area contributed by atoms with Crippen molar-refractivity contribution in [1.82, 2.24) is 0 Å². The van der Waals surface area contributed by atoms with Crippen LogP contribution in [0, 0.1) is 6.92 Å². The third-order valence-electron chi connectivity index (χ3n) is 3.44. The van der Waals surface area contributed by atoms with Gasteiger partial charge in [0, 0.05) is 11.1 Å². The average molecular weight is 298 g/mol. The molecule has 0 saturated heterocycles. The Hall–Kier alpha value is -2.75. The standard InChI is InChI=1S/C18H18O4/c1-12-16(21-2)11-10-14(17(12)19)9-8-13-6-4-5-7-15(13)18(20)22-3/h4-11,19H,1-3H3. The molecule has 0 spiro atoms. The number of phenolic OH excluding ortho intramolecular Hbond substituents is 1. The molecular weight excluding hydrogens is 280 g/mol. The van der Waals surface area contributed by atoms with Gasteiger partial charge in [0.15, 0.2) is 0 Å². The molecule has 22 heavy (non-hydrogen) atoms. The fourth-order valence-corrected chi connectivity index (χ4v) is 2.18. The van der Waals surface area contributed by atoms with Gasteiger partial charge in [0.1, 0.15) is 11.5 Å². The summed E-state index contributed by atoms with van der Waals surface area (Å²) in [6, 6.07) is 10.7. The molecule has 2 rings (SSSR count). The molecule has 0 aromatic heterocycles. The summed E-state index contributed by atoms with van der Waals surface area (Å²) < 4.78 is 9.93. The molecule has 0 saturated carbocycles. The molecular formula is C18H18O4. The highest BCUT2D eigenvalue weighted by atomic mass is 16.5. The Morgan fingerprint density at radius 3 is 2.41 bits per heavy atom. The van der Waals surface area contributed by atoms with E-state index in [1.165, 1.54) is 7.11 Å². The predicted molar refractivity (Wildman–Crippen MR) is 86.1 cm³/mol. The average Bonchev–Trinajstić information content (AvgIpc) is 2.56. The first-order valence-electron chi connectivity index (χ1n) is 6.80. The van der Waals surface area contributed by atoms with Crippen molar-refractivity contribution < 1.29 is 19.4 Å². The summed E-state index contributed by atoms with van der Waals surface area (Å²) in [4.78, 5) is 11.7. The van der Waals surface area contributed by atoms with Crippen LogP contribution in [0.1, 0.15) is 27.0 Å². The van der Waals surface area contributed by atoms with Crippen molar-refractivity contribution in [3.05, 3.63) is 58.7 Å². The quantitative estimate of drug-likeness (QED) is 0.691. The van der Waals surface area contributed by atoms with E-state index in [0.717, 1.165) is 5.56 Å². The van der Waals surface area contributed by atoms with Crippen LogP contribution in [0.5, 0.6) is 11.5 Å². The maximum absolute atomic E-state index is 11.7. The summed E-state index contributed by atoms with van der Waals surface area (Å²) >= 11 is 0. The smallest absolute Gasteiger partial charge is 0.338 e. The van der Waals surface area contributed by atoms with E-state index >= 15 is 0 Å². The number of rotatable bonds is 4. The molecule has 0 aliphatic carbocycles. The zero-order valence-corrected chi connectivity index (χ0v) is 12.8. The van der Waals surface area contributed by atoms with Gasteiger partial charge in [-0.3, -0.25) is 0 Å². The molecule has 0 atom stereocenters. The Morgan fingerprint density at radius 2 is 1.73 bits per heavy atom. The second-order valence-corrected chi connectivity index (χ2v) is 4.74. The van der Waals surface area contributed by atoms with E-state index < -0.39 is 5.97 Å². The van der Waals surface area contributed by atoms with Crippen molar-refractivity contribution in [3.63, 3.8) is 0 Å². The number of esters is 1. The van der Waals surface area contributed by atoms with Crippen molar-refractivity contribution in [2.75, 3.05) is 14.2 Å². The molecule has 0 radical (unpaired) electrons. The van der Waals surface area contributed by atoms with Gasteiger partial charge in [-0.25, -0.2) is 4.79 Å². The van der Waals surface area contributed by atoms with E-state index in [9.17, 15) is 9.90 Å². The van der Waals surface area contributed by atoms with Crippen molar-refractivity contribution in [1.29, 1.82) is 0 Å². The summed E-state index contributed by atoms with van der Waals surface area (Å²) in [7, 11) is 2.91. The molecule has 2 aromatic rings. The third-order valence-corrected chi connectivity index (χ3v) is 3.44. The zero-order valence-electron chi connectivity index (χ0n) is 12.8. The van der Waals surface area contributed by atoms with E-state index in [2.05, 4.69) is 0 Å².